The summed E-state index contributed by atoms with van der Waals surface area (Å²) in [6.45, 7) is 6.92. The van der Waals surface area contributed by atoms with Crippen LogP contribution in [-0.2, 0) is 21.5 Å². The molecule has 3 rings (SSSR count). The Balaban J connectivity index is 1.48. The maximum absolute atomic E-state index is 12.3. The van der Waals surface area contributed by atoms with E-state index in [9.17, 15) is 9.59 Å². The van der Waals surface area contributed by atoms with Crippen molar-refractivity contribution in [1.82, 2.24) is 10.3 Å². The van der Waals surface area contributed by atoms with Crippen LogP contribution in [0.15, 0.2) is 48.8 Å². The number of carbonyl (C=O) groups excluding carboxylic acids is 2. The molecule has 1 aliphatic carbocycles. The van der Waals surface area contributed by atoms with Crippen LogP contribution in [0.2, 0.25) is 0 Å². The highest BCUT2D eigenvalue weighted by molar-refractivity contribution is 5.99. The van der Waals surface area contributed by atoms with Crippen LogP contribution < -0.4 is 10.6 Å². The van der Waals surface area contributed by atoms with E-state index in [-0.39, 0.29) is 29.1 Å². The summed E-state index contributed by atoms with van der Waals surface area (Å²) in [6, 6.07) is 11.6. The van der Waals surface area contributed by atoms with Gasteiger partial charge in [0.2, 0.25) is 11.8 Å². The van der Waals surface area contributed by atoms with E-state index in [4.69, 9.17) is 0 Å². The van der Waals surface area contributed by atoms with Gasteiger partial charge in [-0.3, -0.25) is 14.6 Å². The van der Waals surface area contributed by atoms with E-state index >= 15 is 0 Å². The zero-order valence-corrected chi connectivity index (χ0v) is 15.5. The van der Waals surface area contributed by atoms with Gasteiger partial charge in [0.15, 0.2) is 0 Å². The normalized spacial score (nSPS) is 18.9. The number of nitrogens with zero attached hydrogens (tertiary/aromatic N) is 1. The standard InChI is InChI=1S/C21H25N3O2/c1-21(2,3)15-4-6-16(7-5-15)24-20(26)18-12-17(18)19(25)23-13-14-8-10-22-11-9-14/h4-11,17-18H,12-13H2,1-3H3,(H,23,25)(H,24,26). The fourth-order valence-corrected chi connectivity index (χ4v) is 2.88. The molecule has 0 saturated heterocycles. The zero-order valence-electron chi connectivity index (χ0n) is 15.5. The summed E-state index contributed by atoms with van der Waals surface area (Å²) in [5.74, 6) is -0.622. The molecule has 5 heteroatoms. The van der Waals surface area contributed by atoms with Crippen LogP contribution >= 0.6 is 0 Å². The maximum atomic E-state index is 12.3. The molecule has 0 aliphatic heterocycles. The number of benzene rings is 1. The average molecular weight is 351 g/mol. The Bertz CT molecular complexity index is 779. The van der Waals surface area contributed by atoms with Crippen molar-refractivity contribution >= 4 is 17.5 Å². The first kappa shape index (κ1) is 18.1. The number of anilines is 1. The smallest absolute Gasteiger partial charge is 0.228 e. The van der Waals surface area contributed by atoms with E-state index in [0.717, 1.165) is 11.3 Å². The first-order valence-electron chi connectivity index (χ1n) is 8.92. The van der Waals surface area contributed by atoms with Gasteiger partial charge in [-0.2, -0.15) is 0 Å². The van der Waals surface area contributed by atoms with Gasteiger partial charge in [-0.1, -0.05) is 32.9 Å². The van der Waals surface area contributed by atoms with Gasteiger partial charge in [-0.05, 0) is 47.2 Å². The Kier molecular flexibility index (Phi) is 5.07. The molecule has 1 aliphatic rings. The van der Waals surface area contributed by atoms with E-state index in [1.165, 1.54) is 5.56 Å². The van der Waals surface area contributed by atoms with Crippen molar-refractivity contribution in [2.75, 3.05) is 5.32 Å². The van der Waals surface area contributed by atoms with Gasteiger partial charge >= 0.3 is 0 Å². The molecule has 0 bridgehead atoms. The summed E-state index contributed by atoms with van der Waals surface area (Å²) in [7, 11) is 0. The number of hydrogen-bond donors (Lipinski definition) is 2. The van der Waals surface area contributed by atoms with E-state index in [0.29, 0.717) is 13.0 Å². The number of amides is 2. The van der Waals surface area contributed by atoms with Gasteiger partial charge in [0.25, 0.3) is 0 Å². The van der Waals surface area contributed by atoms with Gasteiger partial charge in [-0.15, -0.1) is 0 Å². The predicted octanol–water partition coefficient (Wildman–Crippen LogP) is 3.27. The summed E-state index contributed by atoms with van der Waals surface area (Å²) in [6.07, 6.45) is 3.99. The molecule has 1 aromatic heterocycles. The third-order valence-electron chi connectivity index (χ3n) is 4.70. The molecule has 2 aromatic rings. The fraction of sp³-hybridized carbons (Fsp3) is 0.381. The molecule has 1 aromatic carbocycles. The van der Waals surface area contributed by atoms with Crippen LogP contribution in [0, 0.1) is 11.8 Å². The Morgan fingerprint density at radius 1 is 1.00 bits per heavy atom. The van der Waals surface area contributed by atoms with Gasteiger partial charge in [0, 0.05) is 24.6 Å². The maximum Gasteiger partial charge on any atom is 0.228 e. The zero-order chi connectivity index (χ0) is 18.7. The lowest BCUT2D eigenvalue weighted by molar-refractivity contribution is -0.125. The molecule has 136 valence electrons. The Morgan fingerprint density at radius 3 is 2.23 bits per heavy atom. The highest BCUT2D eigenvalue weighted by Crippen LogP contribution is 2.39. The number of rotatable bonds is 5. The van der Waals surface area contributed by atoms with Crippen LogP contribution in [0.5, 0.6) is 0 Å². The molecule has 0 radical (unpaired) electrons. The predicted molar refractivity (Wildman–Crippen MR) is 101 cm³/mol. The van der Waals surface area contributed by atoms with Crippen LogP contribution in [-0.4, -0.2) is 16.8 Å². The number of hydrogen-bond acceptors (Lipinski definition) is 3. The Labute approximate surface area is 154 Å². The lowest BCUT2D eigenvalue weighted by Gasteiger charge is -2.19. The molecule has 1 heterocycles. The van der Waals surface area contributed by atoms with E-state index < -0.39 is 0 Å². The van der Waals surface area contributed by atoms with Crippen LogP contribution in [0.4, 0.5) is 5.69 Å². The topological polar surface area (TPSA) is 71.1 Å². The minimum atomic E-state index is -0.241. The van der Waals surface area contributed by atoms with E-state index in [1.54, 1.807) is 12.4 Å². The van der Waals surface area contributed by atoms with Gasteiger partial charge in [0.05, 0.1) is 11.8 Å². The van der Waals surface area contributed by atoms with Crippen molar-refractivity contribution in [1.29, 1.82) is 0 Å². The average Bonchev–Trinajstić information content (AvgIpc) is 3.41. The van der Waals surface area contributed by atoms with Crippen molar-refractivity contribution in [3.63, 3.8) is 0 Å². The monoisotopic (exact) mass is 351 g/mol. The minimum Gasteiger partial charge on any atom is -0.352 e. The summed E-state index contributed by atoms with van der Waals surface area (Å²) >= 11 is 0. The second-order valence-corrected chi connectivity index (χ2v) is 7.84. The van der Waals surface area contributed by atoms with Gasteiger partial charge in [-0.25, -0.2) is 0 Å². The molecule has 2 N–H and O–H groups in total. The Morgan fingerprint density at radius 2 is 1.62 bits per heavy atom. The molecular formula is C21H25N3O2. The molecule has 2 unspecified atom stereocenters. The van der Waals surface area contributed by atoms with E-state index in [2.05, 4.69) is 36.4 Å². The third-order valence-corrected chi connectivity index (χ3v) is 4.70. The van der Waals surface area contributed by atoms with Crippen molar-refractivity contribution in [3.05, 3.63) is 59.9 Å². The largest absolute Gasteiger partial charge is 0.352 e. The summed E-state index contributed by atoms with van der Waals surface area (Å²) < 4.78 is 0. The second kappa shape index (κ2) is 7.28. The van der Waals surface area contributed by atoms with Gasteiger partial charge < -0.3 is 10.6 Å². The van der Waals surface area contributed by atoms with Crippen molar-refractivity contribution in [3.8, 4) is 0 Å². The fourth-order valence-electron chi connectivity index (χ4n) is 2.88. The quantitative estimate of drug-likeness (QED) is 0.868. The molecule has 1 saturated carbocycles. The lowest BCUT2D eigenvalue weighted by atomic mass is 9.87. The molecule has 5 nitrogen and oxygen atoms in total. The molecule has 2 amide bonds. The van der Waals surface area contributed by atoms with Crippen LogP contribution in [0.1, 0.15) is 38.3 Å². The van der Waals surface area contributed by atoms with Crippen LogP contribution in [0.3, 0.4) is 0 Å². The van der Waals surface area contributed by atoms with E-state index in [1.807, 2.05) is 36.4 Å². The second-order valence-electron chi connectivity index (χ2n) is 7.84. The summed E-state index contributed by atoms with van der Waals surface area (Å²) in [5.41, 5.74) is 3.06. The first-order valence-corrected chi connectivity index (χ1v) is 8.92. The number of nitrogens with one attached hydrogen (secondary N) is 2. The van der Waals surface area contributed by atoms with Crippen LogP contribution in [0.25, 0.3) is 0 Å². The number of aromatic nitrogens is 1. The lowest BCUT2D eigenvalue weighted by Crippen LogP contribution is -2.27. The third kappa shape index (κ3) is 4.48. The van der Waals surface area contributed by atoms with Gasteiger partial charge in [0.1, 0.15) is 0 Å². The van der Waals surface area contributed by atoms with Crippen molar-refractivity contribution < 1.29 is 9.59 Å². The molecule has 2 atom stereocenters. The first-order chi connectivity index (χ1) is 12.3. The minimum absolute atomic E-state index is 0.0648. The Hall–Kier alpha value is -2.69. The summed E-state index contributed by atoms with van der Waals surface area (Å²) in [4.78, 5) is 28.5. The highest BCUT2D eigenvalue weighted by atomic mass is 16.2. The molecule has 0 spiro atoms. The van der Waals surface area contributed by atoms with Crippen molar-refractivity contribution in [2.24, 2.45) is 11.8 Å². The van der Waals surface area contributed by atoms with Crippen molar-refractivity contribution in [2.45, 2.75) is 39.2 Å². The number of carbonyl (C=O) groups is 2. The molecular weight excluding hydrogens is 326 g/mol. The molecule has 26 heavy (non-hydrogen) atoms. The summed E-state index contributed by atoms with van der Waals surface area (Å²) in [5, 5.41) is 5.80. The highest BCUT2D eigenvalue weighted by Gasteiger charge is 2.47. The molecule has 1 fully saturated rings. The number of pyridine rings is 1. The SMILES string of the molecule is CC(C)(C)c1ccc(NC(=O)C2CC2C(=O)NCc2ccncc2)cc1.